The molecule has 0 saturated carbocycles. The molecule has 0 aliphatic rings. The second kappa shape index (κ2) is 6.62. The van der Waals surface area contributed by atoms with Crippen molar-refractivity contribution in [1.29, 1.82) is 0 Å². The van der Waals surface area contributed by atoms with Crippen molar-refractivity contribution in [2.75, 3.05) is 0 Å². The Balaban J connectivity index is 2.07. The maximum Gasteiger partial charge on any atom is 0.246 e. The van der Waals surface area contributed by atoms with Gasteiger partial charge < -0.3 is 9.09 Å². The summed E-state index contributed by atoms with van der Waals surface area (Å²) in [6, 6.07) is 6.25. The topological polar surface area (TPSA) is 90.0 Å². The summed E-state index contributed by atoms with van der Waals surface area (Å²) in [6.07, 6.45) is 3.37. The Labute approximate surface area is 150 Å². The summed E-state index contributed by atoms with van der Waals surface area (Å²) in [7, 11) is -2.07. The summed E-state index contributed by atoms with van der Waals surface area (Å²) < 4.78 is 35.3. The van der Waals surface area contributed by atoms with Gasteiger partial charge in [0.05, 0.1) is 0 Å². The number of nitrogens with one attached hydrogen (secondary N) is 1. The molecule has 1 atom stereocenters. The quantitative estimate of drug-likeness (QED) is 0.735. The van der Waals surface area contributed by atoms with Gasteiger partial charge in [0.2, 0.25) is 10.0 Å². The molecule has 25 heavy (non-hydrogen) atoms. The fraction of sp³-hybridized carbons (Fsp3) is 0.250. The molecule has 0 unspecified atom stereocenters. The van der Waals surface area contributed by atoms with Crippen molar-refractivity contribution in [2.45, 2.75) is 24.8 Å². The summed E-state index contributed by atoms with van der Waals surface area (Å²) in [5.74, 6) is 0.789. The molecule has 0 saturated heterocycles. The van der Waals surface area contributed by atoms with Crippen molar-refractivity contribution in [3.63, 3.8) is 0 Å². The number of aromatic nitrogens is 3. The van der Waals surface area contributed by atoms with Gasteiger partial charge in [-0.1, -0.05) is 28.9 Å². The van der Waals surface area contributed by atoms with Crippen LogP contribution in [0.15, 0.2) is 46.1 Å². The standard InChI is InChI=1S/C16H17ClN4O3S/c1-10-15(11(2)24-19-10)25(22,23)20-14(16-18-8-9-21(16)3)12-4-6-13(17)7-5-12/h4-9,14,20H,1-3H3/t14-/m1/s1. The highest BCUT2D eigenvalue weighted by molar-refractivity contribution is 7.89. The van der Waals surface area contributed by atoms with Crippen molar-refractivity contribution in [3.8, 4) is 0 Å². The molecule has 7 nitrogen and oxygen atoms in total. The molecule has 3 aromatic rings. The molecule has 0 radical (unpaired) electrons. The number of sulfonamides is 1. The van der Waals surface area contributed by atoms with E-state index < -0.39 is 16.1 Å². The highest BCUT2D eigenvalue weighted by Gasteiger charge is 2.30. The van der Waals surface area contributed by atoms with Gasteiger partial charge >= 0.3 is 0 Å². The van der Waals surface area contributed by atoms with Crippen molar-refractivity contribution < 1.29 is 12.9 Å². The number of halogens is 1. The molecule has 3 rings (SSSR count). The maximum atomic E-state index is 12.9. The largest absolute Gasteiger partial charge is 0.360 e. The van der Waals surface area contributed by atoms with Gasteiger partial charge in [-0.15, -0.1) is 0 Å². The second-order valence-electron chi connectivity index (χ2n) is 5.66. The zero-order chi connectivity index (χ0) is 18.2. The summed E-state index contributed by atoms with van der Waals surface area (Å²) in [4.78, 5) is 4.33. The lowest BCUT2D eigenvalue weighted by molar-refractivity contribution is 0.390. The Hall–Kier alpha value is -2.16. The van der Waals surface area contributed by atoms with Crippen LogP contribution in [0.1, 0.15) is 28.9 Å². The van der Waals surface area contributed by atoms with Crippen LogP contribution < -0.4 is 4.72 Å². The number of aryl methyl sites for hydroxylation is 3. The number of rotatable bonds is 5. The SMILES string of the molecule is Cc1noc(C)c1S(=O)(=O)N[C@H](c1ccc(Cl)cc1)c1nccn1C. The Kier molecular flexibility index (Phi) is 4.68. The number of nitrogens with zero attached hydrogens (tertiary/aromatic N) is 3. The molecule has 0 fully saturated rings. The summed E-state index contributed by atoms with van der Waals surface area (Å²) in [6.45, 7) is 3.15. The van der Waals surface area contributed by atoms with E-state index in [4.69, 9.17) is 16.1 Å². The molecule has 2 heterocycles. The van der Waals surface area contributed by atoms with E-state index in [1.165, 1.54) is 0 Å². The third-order valence-electron chi connectivity index (χ3n) is 3.83. The van der Waals surface area contributed by atoms with Crippen molar-refractivity contribution >= 4 is 21.6 Å². The second-order valence-corrected chi connectivity index (χ2v) is 7.74. The van der Waals surface area contributed by atoms with E-state index in [-0.39, 0.29) is 10.7 Å². The lowest BCUT2D eigenvalue weighted by atomic mass is 10.1. The molecule has 9 heteroatoms. The third-order valence-corrected chi connectivity index (χ3v) is 5.75. The molecule has 2 aromatic heterocycles. The van der Waals surface area contributed by atoms with Gasteiger partial charge in [-0.2, -0.15) is 4.72 Å². The van der Waals surface area contributed by atoms with Crippen molar-refractivity contribution in [1.82, 2.24) is 19.4 Å². The van der Waals surface area contributed by atoms with Crippen LogP contribution in [0, 0.1) is 13.8 Å². The van der Waals surface area contributed by atoms with Crippen molar-refractivity contribution in [2.24, 2.45) is 7.05 Å². The highest BCUT2D eigenvalue weighted by Crippen LogP contribution is 2.26. The minimum Gasteiger partial charge on any atom is -0.360 e. The summed E-state index contributed by atoms with van der Waals surface area (Å²) in [5, 5.41) is 4.29. The molecule has 0 aliphatic heterocycles. The van der Waals surface area contributed by atoms with Crippen LogP contribution in [0.25, 0.3) is 0 Å². The lowest BCUT2D eigenvalue weighted by Crippen LogP contribution is -2.31. The van der Waals surface area contributed by atoms with Crippen LogP contribution in [0.2, 0.25) is 5.02 Å². The minimum atomic E-state index is -3.87. The third kappa shape index (κ3) is 3.46. The smallest absolute Gasteiger partial charge is 0.246 e. The average Bonchev–Trinajstić information content (AvgIpc) is 3.12. The summed E-state index contributed by atoms with van der Waals surface area (Å²) in [5.41, 5.74) is 1.02. The normalized spacial score (nSPS) is 13.1. The highest BCUT2D eigenvalue weighted by atomic mass is 35.5. The van der Waals surface area contributed by atoms with Crippen LogP contribution in [0.5, 0.6) is 0 Å². The zero-order valence-electron chi connectivity index (χ0n) is 13.9. The predicted octanol–water partition coefficient (Wildman–Crippen LogP) is 2.75. The number of imidazole rings is 1. The maximum absolute atomic E-state index is 12.9. The van der Waals surface area contributed by atoms with Crippen molar-refractivity contribution in [3.05, 3.63) is 64.5 Å². The van der Waals surface area contributed by atoms with E-state index in [0.29, 0.717) is 22.1 Å². The molecular weight excluding hydrogens is 364 g/mol. The number of benzene rings is 1. The number of hydrogen-bond donors (Lipinski definition) is 1. The molecule has 132 valence electrons. The van der Waals surface area contributed by atoms with E-state index in [2.05, 4.69) is 14.9 Å². The first-order chi connectivity index (χ1) is 11.8. The fourth-order valence-corrected chi connectivity index (χ4v) is 4.29. The number of hydrogen-bond acceptors (Lipinski definition) is 5. The van der Waals surface area contributed by atoms with Gasteiger partial charge in [-0.3, -0.25) is 0 Å². The van der Waals surface area contributed by atoms with Gasteiger partial charge in [-0.05, 0) is 31.5 Å². The van der Waals surface area contributed by atoms with Gasteiger partial charge in [0.15, 0.2) is 5.76 Å². The van der Waals surface area contributed by atoms with Crippen LogP contribution in [0.4, 0.5) is 0 Å². The van der Waals surface area contributed by atoms with Crippen LogP contribution in [-0.4, -0.2) is 23.1 Å². The first kappa shape index (κ1) is 17.7. The lowest BCUT2D eigenvalue weighted by Gasteiger charge is -2.19. The molecule has 0 spiro atoms. The van der Waals surface area contributed by atoms with E-state index in [9.17, 15) is 8.42 Å². The Bertz CT molecular complexity index is 973. The van der Waals surface area contributed by atoms with Gasteiger partial charge in [0, 0.05) is 24.5 Å². The molecule has 0 amide bonds. The molecule has 0 aliphatic carbocycles. The molecule has 1 N–H and O–H groups in total. The summed E-state index contributed by atoms with van der Waals surface area (Å²) >= 11 is 5.95. The first-order valence-corrected chi connectivity index (χ1v) is 9.33. The van der Waals surface area contributed by atoms with E-state index in [1.54, 1.807) is 62.1 Å². The van der Waals surface area contributed by atoms with Gasteiger partial charge in [0.1, 0.15) is 22.5 Å². The van der Waals surface area contributed by atoms with Gasteiger partial charge in [0.25, 0.3) is 0 Å². The Morgan fingerprint density at radius 1 is 1.24 bits per heavy atom. The van der Waals surface area contributed by atoms with Crippen LogP contribution in [-0.2, 0) is 17.1 Å². The van der Waals surface area contributed by atoms with E-state index in [1.807, 2.05) is 0 Å². The fourth-order valence-electron chi connectivity index (χ4n) is 2.65. The van der Waals surface area contributed by atoms with Crippen LogP contribution in [0.3, 0.4) is 0 Å². The Morgan fingerprint density at radius 3 is 2.44 bits per heavy atom. The van der Waals surface area contributed by atoms with E-state index >= 15 is 0 Å². The zero-order valence-corrected chi connectivity index (χ0v) is 15.5. The predicted molar refractivity (Wildman–Crippen MR) is 92.8 cm³/mol. The monoisotopic (exact) mass is 380 g/mol. The first-order valence-electron chi connectivity index (χ1n) is 7.47. The average molecular weight is 381 g/mol. The van der Waals surface area contributed by atoms with E-state index in [0.717, 1.165) is 0 Å². The molecule has 0 bridgehead atoms. The van der Waals surface area contributed by atoms with Gasteiger partial charge in [-0.25, -0.2) is 13.4 Å². The molecular formula is C16H17ClN4O3S. The Morgan fingerprint density at radius 2 is 1.92 bits per heavy atom. The van der Waals surface area contributed by atoms with Crippen LogP contribution >= 0.6 is 11.6 Å². The molecule has 1 aromatic carbocycles. The minimum absolute atomic E-state index is 0.0423.